The van der Waals surface area contributed by atoms with E-state index in [1.165, 1.54) is 24.3 Å². The molecule has 0 bridgehead atoms. The van der Waals surface area contributed by atoms with Crippen molar-refractivity contribution >= 4 is 0 Å². The minimum Gasteiger partial charge on any atom is -0.338 e. The van der Waals surface area contributed by atoms with Crippen LogP contribution in [0.3, 0.4) is 0 Å². The third-order valence-corrected chi connectivity index (χ3v) is 5.07. The Labute approximate surface area is 162 Å². The first-order valence-electron chi connectivity index (χ1n) is 9.35. The molecular weight excluding hydrogens is 362 g/mol. The van der Waals surface area contributed by atoms with Crippen LogP contribution in [0, 0.1) is 18.6 Å². The highest BCUT2D eigenvalue weighted by Crippen LogP contribution is 2.30. The first-order chi connectivity index (χ1) is 13.6. The molecule has 2 aromatic carbocycles. The Morgan fingerprint density at radius 1 is 0.893 bits per heavy atom. The third kappa shape index (κ3) is 4.26. The summed E-state index contributed by atoms with van der Waals surface area (Å²) in [6.45, 7) is 5.78. The van der Waals surface area contributed by atoms with E-state index in [2.05, 4.69) is 19.9 Å². The van der Waals surface area contributed by atoms with Crippen LogP contribution in [-0.2, 0) is 6.54 Å². The zero-order chi connectivity index (χ0) is 19.5. The molecule has 0 radical (unpaired) electrons. The second kappa shape index (κ2) is 8.16. The van der Waals surface area contributed by atoms with Crippen LogP contribution < -0.4 is 0 Å². The van der Waals surface area contributed by atoms with Gasteiger partial charge in [-0.3, -0.25) is 9.80 Å². The molecule has 0 amide bonds. The molecule has 0 unspecified atom stereocenters. The molecule has 0 spiro atoms. The largest absolute Gasteiger partial charge is 0.338 e. The molecule has 4 rings (SSSR count). The number of benzene rings is 2. The average Bonchev–Trinajstić information content (AvgIpc) is 3.11. The number of hydrogen-bond acceptors (Lipinski definition) is 5. The van der Waals surface area contributed by atoms with Crippen LogP contribution in [0.15, 0.2) is 53.1 Å². The first-order valence-corrected chi connectivity index (χ1v) is 9.35. The van der Waals surface area contributed by atoms with Crippen molar-refractivity contribution in [2.75, 3.05) is 26.2 Å². The highest BCUT2D eigenvalue weighted by molar-refractivity contribution is 5.32. The minimum atomic E-state index is -0.263. The summed E-state index contributed by atoms with van der Waals surface area (Å²) in [5.41, 5.74) is 1.99. The maximum Gasteiger partial charge on any atom is 0.240 e. The molecule has 0 N–H and O–H groups in total. The zero-order valence-electron chi connectivity index (χ0n) is 15.7. The van der Waals surface area contributed by atoms with Crippen LogP contribution in [0.4, 0.5) is 8.78 Å². The van der Waals surface area contributed by atoms with Crippen molar-refractivity contribution in [2.24, 2.45) is 0 Å². The van der Waals surface area contributed by atoms with Gasteiger partial charge in [-0.05, 0) is 42.3 Å². The molecule has 1 aliphatic heterocycles. The number of aryl methyl sites for hydroxylation is 1. The van der Waals surface area contributed by atoms with Gasteiger partial charge in [0.1, 0.15) is 11.6 Å². The average molecular weight is 384 g/mol. The van der Waals surface area contributed by atoms with E-state index in [0.717, 1.165) is 37.3 Å². The van der Waals surface area contributed by atoms with Gasteiger partial charge in [0.2, 0.25) is 5.89 Å². The number of hydrogen-bond donors (Lipinski definition) is 0. The number of rotatable bonds is 5. The Morgan fingerprint density at radius 2 is 1.43 bits per heavy atom. The van der Waals surface area contributed by atoms with E-state index in [-0.39, 0.29) is 17.7 Å². The summed E-state index contributed by atoms with van der Waals surface area (Å²) in [5.74, 6) is 0.739. The van der Waals surface area contributed by atoms with Gasteiger partial charge in [-0.2, -0.15) is 4.98 Å². The van der Waals surface area contributed by atoms with Gasteiger partial charge in [-0.1, -0.05) is 29.4 Å². The van der Waals surface area contributed by atoms with E-state index in [1.54, 1.807) is 31.2 Å². The molecule has 1 saturated heterocycles. The van der Waals surface area contributed by atoms with E-state index >= 15 is 0 Å². The fraction of sp³-hybridized carbons (Fsp3) is 0.333. The highest BCUT2D eigenvalue weighted by atomic mass is 19.1. The fourth-order valence-corrected chi connectivity index (χ4v) is 3.68. The van der Waals surface area contributed by atoms with E-state index in [1.807, 2.05) is 0 Å². The molecule has 7 heteroatoms. The number of halogens is 2. The van der Waals surface area contributed by atoms with Crippen molar-refractivity contribution in [1.29, 1.82) is 0 Å². The van der Waals surface area contributed by atoms with Gasteiger partial charge in [0.25, 0.3) is 0 Å². The van der Waals surface area contributed by atoms with E-state index in [0.29, 0.717) is 18.3 Å². The van der Waals surface area contributed by atoms with Gasteiger partial charge in [-0.25, -0.2) is 8.78 Å². The molecule has 0 aliphatic carbocycles. The lowest BCUT2D eigenvalue weighted by atomic mass is 9.96. The lowest BCUT2D eigenvalue weighted by Gasteiger charge is -2.39. The van der Waals surface area contributed by atoms with Crippen LogP contribution >= 0.6 is 0 Å². The highest BCUT2D eigenvalue weighted by Gasteiger charge is 2.27. The van der Waals surface area contributed by atoms with E-state index in [9.17, 15) is 8.78 Å². The lowest BCUT2D eigenvalue weighted by molar-refractivity contribution is 0.0966. The summed E-state index contributed by atoms with van der Waals surface area (Å²) in [4.78, 5) is 8.88. The van der Waals surface area contributed by atoms with Gasteiger partial charge in [0.05, 0.1) is 12.6 Å². The summed E-state index contributed by atoms with van der Waals surface area (Å²) in [6.07, 6.45) is 0. The molecule has 28 heavy (non-hydrogen) atoms. The molecule has 0 atom stereocenters. The SMILES string of the molecule is Cc1noc(CN2CCN(C(c3ccc(F)cc3)c3ccc(F)cc3)CC2)n1. The molecule has 5 nitrogen and oxygen atoms in total. The van der Waals surface area contributed by atoms with Crippen molar-refractivity contribution in [3.05, 3.63) is 83.0 Å². The summed E-state index contributed by atoms with van der Waals surface area (Å²) in [5, 5.41) is 3.83. The second-order valence-electron chi connectivity index (χ2n) is 7.05. The standard InChI is InChI=1S/C21H22F2N4O/c1-15-24-20(28-25-15)14-26-10-12-27(13-11-26)21(16-2-6-18(22)7-3-16)17-4-8-19(23)9-5-17/h2-9,21H,10-14H2,1H3. The van der Waals surface area contributed by atoms with Crippen LogP contribution in [0.1, 0.15) is 28.9 Å². The van der Waals surface area contributed by atoms with Crippen LogP contribution in [-0.4, -0.2) is 46.1 Å². The fourth-order valence-electron chi connectivity index (χ4n) is 3.68. The summed E-state index contributed by atoms with van der Waals surface area (Å²) in [6, 6.07) is 13.1. The molecule has 1 aliphatic rings. The van der Waals surface area contributed by atoms with Crippen molar-refractivity contribution in [2.45, 2.75) is 19.5 Å². The van der Waals surface area contributed by atoms with Crippen molar-refractivity contribution in [3.63, 3.8) is 0 Å². The van der Waals surface area contributed by atoms with Crippen LogP contribution in [0.25, 0.3) is 0 Å². The number of nitrogens with zero attached hydrogens (tertiary/aromatic N) is 4. The molecular formula is C21H22F2N4O. The Morgan fingerprint density at radius 3 is 1.89 bits per heavy atom. The van der Waals surface area contributed by atoms with Crippen LogP contribution in [0.2, 0.25) is 0 Å². The maximum absolute atomic E-state index is 13.4. The Bertz CT molecular complexity index is 857. The molecule has 0 saturated carbocycles. The molecule has 1 aromatic heterocycles. The molecule has 2 heterocycles. The Hall–Kier alpha value is -2.64. The van der Waals surface area contributed by atoms with Crippen molar-refractivity contribution < 1.29 is 13.3 Å². The van der Waals surface area contributed by atoms with E-state index < -0.39 is 0 Å². The molecule has 146 valence electrons. The zero-order valence-corrected chi connectivity index (χ0v) is 15.7. The summed E-state index contributed by atoms with van der Waals surface area (Å²) < 4.78 is 32.1. The topological polar surface area (TPSA) is 45.4 Å². The lowest BCUT2D eigenvalue weighted by Crippen LogP contribution is -2.47. The monoisotopic (exact) mass is 384 g/mol. The predicted octanol–water partition coefficient (Wildman–Crippen LogP) is 3.56. The molecule has 1 fully saturated rings. The van der Waals surface area contributed by atoms with Gasteiger partial charge < -0.3 is 4.52 Å². The maximum atomic E-state index is 13.4. The first kappa shape index (κ1) is 18.7. The van der Waals surface area contributed by atoms with E-state index in [4.69, 9.17) is 4.52 Å². The quantitative estimate of drug-likeness (QED) is 0.673. The Kier molecular flexibility index (Phi) is 5.45. The molecule has 3 aromatic rings. The number of piperazine rings is 1. The number of aromatic nitrogens is 2. The van der Waals surface area contributed by atoms with Crippen molar-refractivity contribution in [1.82, 2.24) is 19.9 Å². The second-order valence-corrected chi connectivity index (χ2v) is 7.05. The third-order valence-electron chi connectivity index (χ3n) is 5.07. The Balaban J connectivity index is 1.51. The van der Waals surface area contributed by atoms with Gasteiger partial charge in [0, 0.05) is 26.2 Å². The summed E-state index contributed by atoms with van der Waals surface area (Å²) in [7, 11) is 0. The van der Waals surface area contributed by atoms with Crippen molar-refractivity contribution in [3.8, 4) is 0 Å². The van der Waals surface area contributed by atoms with Gasteiger partial charge in [-0.15, -0.1) is 0 Å². The van der Waals surface area contributed by atoms with Gasteiger partial charge >= 0.3 is 0 Å². The predicted molar refractivity (Wildman–Crippen MR) is 101 cm³/mol. The van der Waals surface area contributed by atoms with Crippen LogP contribution in [0.5, 0.6) is 0 Å². The summed E-state index contributed by atoms with van der Waals surface area (Å²) >= 11 is 0. The van der Waals surface area contributed by atoms with Gasteiger partial charge in [0.15, 0.2) is 5.82 Å². The smallest absolute Gasteiger partial charge is 0.240 e. The minimum absolute atomic E-state index is 0.0472. The normalized spacial score (nSPS) is 16.0.